The van der Waals surface area contributed by atoms with Crippen LogP contribution in [0.2, 0.25) is 0 Å². The van der Waals surface area contributed by atoms with Crippen LogP contribution >= 0.6 is 0 Å². The molecule has 0 aromatic heterocycles. The van der Waals surface area contributed by atoms with E-state index in [4.69, 9.17) is 5.11 Å². The molecule has 0 aliphatic heterocycles. The molecule has 0 aromatic carbocycles. The first-order valence-corrected chi connectivity index (χ1v) is 2.01. The topological polar surface area (TPSA) is 37.3 Å². The average molecular weight is 259 g/mol. The second kappa shape index (κ2) is 5.63. The van der Waals surface area contributed by atoms with Crippen molar-refractivity contribution < 1.29 is 48.5 Å². The van der Waals surface area contributed by atoms with Gasteiger partial charge in [0.2, 0.25) is 0 Å². The number of rotatable bonds is 1. The van der Waals surface area contributed by atoms with E-state index in [1.54, 1.807) is 0 Å². The van der Waals surface area contributed by atoms with Gasteiger partial charge in [-0.05, 0) is 13.8 Å². The Kier molecular flexibility index (Phi) is 7.96. The molecule has 0 saturated heterocycles. The van der Waals surface area contributed by atoms with E-state index in [0.717, 1.165) is 0 Å². The van der Waals surface area contributed by atoms with E-state index in [9.17, 15) is 4.79 Å². The molecule has 0 fully saturated rings. The molecule has 0 bridgehead atoms. The minimum Gasteiger partial charge on any atom is -0.512 e. The van der Waals surface area contributed by atoms with Gasteiger partial charge in [-0.1, -0.05) is 0 Å². The summed E-state index contributed by atoms with van der Waals surface area (Å²) in [5.74, 6) is -0.0625. The molecular weight excluding hydrogens is 251 g/mol. The van der Waals surface area contributed by atoms with Crippen LogP contribution in [0.15, 0.2) is 11.8 Å². The maximum absolute atomic E-state index is 10.0. The van der Waals surface area contributed by atoms with Crippen LogP contribution in [0.5, 0.6) is 0 Å². The zero-order valence-electron chi connectivity index (χ0n) is 4.77. The molecule has 1 N–H and O–H groups in total. The summed E-state index contributed by atoms with van der Waals surface area (Å²) in [5, 5.41) is 8.36. The van der Waals surface area contributed by atoms with Gasteiger partial charge in [0.1, 0.15) is 0 Å². The Labute approximate surface area is 79.4 Å². The number of hydrogen-bond acceptors (Lipinski definition) is 2. The van der Waals surface area contributed by atoms with Gasteiger partial charge in [-0.2, -0.15) is 0 Å². The molecule has 2 nitrogen and oxygen atoms in total. The molecule has 1 radical (unpaired) electrons. The predicted molar refractivity (Wildman–Crippen MR) is 27.1 cm³/mol. The molecule has 0 heterocycles. The summed E-state index contributed by atoms with van der Waals surface area (Å²) in [4.78, 5) is 10.0. The van der Waals surface area contributed by atoms with E-state index < -0.39 is 0 Å². The molecule has 8 heavy (non-hydrogen) atoms. The van der Waals surface area contributed by atoms with E-state index >= 15 is 0 Å². The summed E-state index contributed by atoms with van der Waals surface area (Å²) in [5.41, 5.74) is 0. The number of carbonyl (C=O) groups is 1. The number of ketones is 1. The number of carbonyl (C=O) groups excluding carboxylic acids is 1. The van der Waals surface area contributed by atoms with Crippen molar-refractivity contribution in [3.05, 3.63) is 11.8 Å². The smallest absolute Gasteiger partial charge is 0.155 e. The zero-order chi connectivity index (χ0) is 5.86. The molecular formula is C5H8O2Tb. The second-order valence-corrected chi connectivity index (χ2v) is 1.40. The minimum atomic E-state index is -0.125. The van der Waals surface area contributed by atoms with Gasteiger partial charge in [0.05, 0.1) is 5.76 Å². The summed E-state index contributed by atoms with van der Waals surface area (Å²) >= 11 is 0. The summed E-state index contributed by atoms with van der Waals surface area (Å²) in [7, 11) is 0. The van der Waals surface area contributed by atoms with Crippen LogP contribution in [0.1, 0.15) is 13.8 Å². The van der Waals surface area contributed by atoms with Crippen LogP contribution in [0.4, 0.5) is 0 Å². The van der Waals surface area contributed by atoms with E-state index in [1.807, 2.05) is 0 Å². The molecule has 0 saturated carbocycles. The number of aliphatic hydroxyl groups is 1. The van der Waals surface area contributed by atoms with Gasteiger partial charge in [0.25, 0.3) is 0 Å². The van der Waals surface area contributed by atoms with Crippen molar-refractivity contribution in [2.24, 2.45) is 0 Å². The Morgan fingerprint density at radius 1 is 1.50 bits per heavy atom. The van der Waals surface area contributed by atoms with Crippen molar-refractivity contribution in [1.82, 2.24) is 0 Å². The van der Waals surface area contributed by atoms with Gasteiger partial charge in [0.15, 0.2) is 5.78 Å². The first-order chi connectivity index (χ1) is 3.13. The van der Waals surface area contributed by atoms with Crippen LogP contribution in [-0.4, -0.2) is 10.9 Å². The molecule has 0 aliphatic carbocycles. The third-order valence-corrected chi connectivity index (χ3v) is 0.412. The van der Waals surface area contributed by atoms with E-state index in [-0.39, 0.29) is 50.2 Å². The maximum Gasteiger partial charge on any atom is 0.155 e. The Balaban J connectivity index is 0. The van der Waals surface area contributed by atoms with Gasteiger partial charge in [-0.25, -0.2) is 0 Å². The SMILES string of the molecule is CC(=O)/C=C(/C)O.[Tb]. The summed E-state index contributed by atoms with van der Waals surface area (Å²) in [6.45, 7) is 2.85. The van der Waals surface area contributed by atoms with Crippen molar-refractivity contribution in [3.63, 3.8) is 0 Å². The fraction of sp³-hybridized carbons (Fsp3) is 0.400. The molecule has 0 unspecified atom stereocenters. The van der Waals surface area contributed by atoms with Crippen LogP contribution in [0.3, 0.4) is 0 Å². The summed E-state index contributed by atoms with van der Waals surface area (Å²) in [6, 6.07) is 0. The Bertz CT molecular complexity index is 103. The van der Waals surface area contributed by atoms with Gasteiger partial charge in [-0.15, -0.1) is 0 Å². The van der Waals surface area contributed by atoms with Crippen molar-refractivity contribution >= 4 is 5.78 Å². The fourth-order valence-corrected chi connectivity index (χ4v) is 0.294. The molecule has 3 heteroatoms. The van der Waals surface area contributed by atoms with Gasteiger partial charge in [-0.3, -0.25) is 4.79 Å². The first-order valence-electron chi connectivity index (χ1n) is 2.01. The summed E-state index contributed by atoms with van der Waals surface area (Å²) in [6.07, 6.45) is 1.17. The third-order valence-electron chi connectivity index (χ3n) is 0.412. The Morgan fingerprint density at radius 3 is 1.88 bits per heavy atom. The van der Waals surface area contributed by atoms with Crippen molar-refractivity contribution in [2.45, 2.75) is 13.8 Å². The van der Waals surface area contributed by atoms with Crippen molar-refractivity contribution in [3.8, 4) is 0 Å². The maximum atomic E-state index is 10.0. The molecule has 0 spiro atoms. The predicted octanol–water partition coefficient (Wildman–Crippen LogP) is 1.04. The average Bonchev–Trinajstić information content (AvgIpc) is 1.27. The normalized spacial score (nSPS) is 10.0. The van der Waals surface area contributed by atoms with E-state index in [0.29, 0.717) is 0 Å². The van der Waals surface area contributed by atoms with Gasteiger partial charge in [0, 0.05) is 44.7 Å². The van der Waals surface area contributed by atoms with E-state index in [1.165, 1.54) is 19.9 Å². The number of allylic oxidation sites excluding steroid dienone is 2. The second-order valence-electron chi connectivity index (χ2n) is 1.40. The summed E-state index contributed by atoms with van der Waals surface area (Å²) < 4.78 is 0. The molecule has 0 amide bonds. The number of hydrogen-bond donors (Lipinski definition) is 1. The quantitative estimate of drug-likeness (QED) is 0.564. The van der Waals surface area contributed by atoms with Gasteiger partial charge >= 0.3 is 0 Å². The van der Waals surface area contributed by atoms with Crippen LogP contribution in [0.25, 0.3) is 0 Å². The third kappa shape index (κ3) is 9.71. The van der Waals surface area contributed by atoms with Gasteiger partial charge < -0.3 is 5.11 Å². The Morgan fingerprint density at radius 2 is 1.88 bits per heavy atom. The van der Waals surface area contributed by atoms with Crippen LogP contribution in [0, 0.1) is 38.6 Å². The monoisotopic (exact) mass is 259 g/mol. The zero-order valence-corrected chi connectivity index (χ0v) is 6.90. The number of aliphatic hydroxyl groups excluding tert-OH is 1. The largest absolute Gasteiger partial charge is 0.512 e. The van der Waals surface area contributed by atoms with Crippen LogP contribution < -0.4 is 0 Å². The molecule has 49 valence electrons. The molecule has 0 atom stereocenters. The van der Waals surface area contributed by atoms with Crippen molar-refractivity contribution in [2.75, 3.05) is 0 Å². The molecule has 0 aromatic rings. The first kappa shape index (κ1) is 11.3. The van der Waals surface area contributed by atoms with E-state index in [2.05, 4.69) is 0 Å². The molecule has 0 aliphatic rings. The van der Waals surface area contributed by atoms with Crippen molar-refractivity contribution in [1.29, 1.82) is 0 Å². The van der Waals surface area contributed by atoms with Crippen LogP contribution in [-0.2, 0) is 4.79 Å². The standard InChI is InChI=1S/C5H8O2.Tb/c1-4(6)3-5(2)7;/h3,6H,1-2H3;/b4-3-;. The Hall–Kier alpha value is 0.496. The minimum absolute atomic E-state index is 0. The molecule has 0 rings (SSSR count). The fourth-order valence-electron chi connectivity index (χ4n) is 0.294.